The van der Waals surface area contributed by atoms with Crippen molar-refractivity contribution in [3.63, 3.8) is 0 Å². The lowest BCUT2D eigenvalue weighted by Gasteiger charge is -2.45. The fraction of sp³-hybridized carbons (Fsp3) is 0.688. The van der Waals surface area contributed by atoms with Crippen molar-refractivity contribution in [3.05, 3.63) is 35.5 Å². The van der Waals surface area contributed by atoms with Gasteiger partial charge in [-0.1, -0.05) is 37.6 Å². The van der Waals surface area contributed by atoms with E-state index in [9.17, 15) is 14.7 Å². The summed E-state index contributed by atoms with van der Waals surface area (Å²) in [5.74, 6) is 2.25. The van der Waals surface area contributed by atoms with Gasteiger partial charge in [-0.2, -0.15) is 0 Å². The van der Waals surface area contributed by atoms with E-state index in [4.69, 9.17) is 15.9 Å². The van der Waals surface area contributed by atoms with E-state index in [1.165, 1.54) is 11.6 Å². The number of hydrogen-bond acceptors (Lipinski definition) is 5. The van der Waals surface area contributed by atoms with Gasteiger partial charge in [0.2, 0.25) is 0 Å². The number of ketones is 1. The maximum absolute atomic E-state index is 13.2. The van der Waals surface area contributed by atoms with E-state index in [-0.39, 0.29) is 47.8 Å². The van der Waals surface area contributed by atoms with Gasteiger partial charge < -0.3 is 14.6 Å². The number of fused-ring (bicyclic) bond motifs is 3. The van der Waals surface area contributed by atoms with Gasteiger partial charge >= 0.3 is 5.97 Å². The first-order valence-electron chi connectivity index (χ1n) is 14.0. The third-order valence-corrected chi connectivity index (χ3v) is 9.66. The molecule has 0 aromatic heterocycles. The number of aliphatic hydroxyl groups is 1. The van der Waals surface area contributed by atoms with Crippen LogP contribution in [0.15, 0.2) is 35.5 Å². The molecule has 2 saturated carbocycles. The predicted molar refractivity (Wildman–Crippen MR) is 144 cm³/mol. The fourth-order valence-corrected chi connectivity index (χ4v) is 7.89. The summed E-state index contributed by atoms with van der Waals surface area (Å²) in [5, 5.41) is 11.4. The molecule has 8 atom stereocenters. The van der Waals surface area contributed by atoms with E-state index in [2.05, 4.69) is 45.8 Å². The third-order valence-electron chi connectivity index (χ3n) is 9.66. The number of esters is 1. The number of ether oxygens (including phenoxy) is 2. The first kappa shape index (κ1) is 27.9. The summed E-state index contributed by atoms with van der Waals surface area (Å²) in [6, 6.07) is 0. The number of unbranched alkanes of at least 4 members (excludes halogenated alkanes) is 1. The van der Waals surface area contributed by atoms with Crippen LogP contribution in [0.25, 0.3) is 0 Å². The molecule has 0 radical (unpaired) electrons. The average molecular weight is 509 g/mol. The standard InChI is InChI=1S/C32H44O5/c1-7-8-9-16-36-28(34)13-11-23-10-12-27-30(5,19-25-29(23)26(33)20-31(25,6)35)14-15-32(27)22(4)18-24(37-32)17-21(2)3/h1,10-11,13,17,22,24-25,27,29,35H,8-9,12,14-16,18-20H2,2-6H3/b13-11+,23-10-/t22-,24-,25-,27+,29+,30+,31+,32-/m0/s1. The Morgan fingerprint density at radius 2 is 2.08 bits per heavy atom. The molecule has 4 aliphatic rings. The molecule has 1 spiro atoms. The Bertz CT molecular complexity index is 1040. The number of hydrogen-bond donors (Lipinski definition) is 1. The predicted octanol–water partition coefficient (Wildman–Crippen LogP) is 5.72. The molecule has 0 unspecified atom stereocenters. The van der Waals surface area contributed by atoms with Gasteiger partial charge in [-0.05, 0) is 82.1 Å². The normalized spacial score (nSPS) is 42.5. The van der Waals surface area contributed by atoms with Gasteiger partial charge in [0.1, 0.15) is 5.78 Å². The lowest BCUT2D eigenvalue weighted by atomic mass is 9.62. The summed E-state index contributed by atoms with van der Waals surface area (Å²) in [6.07, 6.45) is 18.9. The van der Waals surface area contributed by atoms with Crippen molar-refractivity contribution in [3.8, 4) is 12.3 Å². The second-order valence-corrected chi connectivity index (χ2v) is 12.7. The van der Waals surface area contributed by atoms with Crippen molar-refractivity contribution < 1.29 is 24.2 Å². The first-order chi connectivity index (χ1) is 17.4. The van der Waals surface area contributed by atoms with Crippen LogP contribution in [0.5, 0.6) is 0 Å². The van der Waals surface area contributed by atoms with E-state index >= 15 is 0 Å². The van der Waals surface area contributed by atoms with Gasteiger partial charge in [-0.25, -0.2) is 4.79 Å². The Kier molecular flexibility index (Phi) is 7.94. The molecule has 37 heavy (non-hydrogen) atoms. The van der Waals surface area contributed by atoms with Gasteiger partial charge in [-0.3, -0.25) is 4.79 Å². The molecule has 202 valence electrons. The number of carbonyl (C=O) groups excluding carboxylic acids is 2. The minimum Gasteiger partial charge on any atom is -0.462 e. The zero-order chi connectivity index (χ0) is 27.0. The summed E-state index contributed by atoms with van der Waals surface area (Å²) in [7, 11) is 0. The maximum Gasteiger partial charge on any atom is 0.330 e. The second-order valence-electron chi connectivity index (χ2n) is 12.7. The molecule has 0 aromatic rings. The molecule has 1 heterocycles. The second kappa shape index (κ2) is 10.5. The molecule has 0 amide bonds. The molecule has 5 nitrogen and oxygen atoms in total. The molecule has 1 saturated heterocycles. The summed E-state index contributed by atoms with van der Waals surface area (Å²) in [4.78, 5) is 25.6. The van der Waals surface area contributed by atoms with Crippen LogP contribution in [0.1, 0.15) is 86.0 Å². The summed E-state index contributed by atoms with van der Waals surface area (Å²) < 4.78 is 12.2. The monoisotopic (exact) mass is 508 g/mol. The Balaban J connectivity index is 1.66. The zero-order valence-corrected chi connectivity index (χ0v) is 23.2. The van der Waals surface area contributed by atoms with Gasteiger partial charge in [0.25, 0.3) is 0 Å². The number of rotatable bonds is 6. The number of terminal acetylenes is 1. The lowest BCUT2D eigenvalue weighted by Crippen LogP contribution is -2.46. The molecule has 0 bridgehead atoms. The number of carbonyl (C=O) groups is 2. The Hall–Kier alpha value is -2.16. The summed E-state index contributed by atoms with van der Waals surface area (Å²) in [6.45, 7) is 11.0. The lowest BCUT2D eigenvalue weighted by molar-refractivity contribution is -0.137. The third kappa shape index (κ3) is 5.38. The molecule has 5 heteroatoms. The molecule has 1 aliphatic heterocycles. The minimum absolute atomic E-state index is 0.0344. The summed E-state index contributed by atoms with van der Waals surface area (Å²) >= 11 is 0. The number of Topliss-reactive ketones (excluding diaryl/α,β-unsaturated/α-hetero) is 1. The van der Waals surface area contributed by atoms with E-state index in [0.29, 0.717) is 18.8 Å². The van der Waals surface area contributed by atoms with Gasteiger partial charge in [0.15, 0.2) is 0 Å². The van der Waals surface area contributed by atoms with Crippen molar-refractivity contribution in [2.24, 2.45) is 29.1 Å². The highest BCUT2D eigenvalue weighted by molar-refractivity contribution is 5.89. The first-order valence-corrected chi connectivity index (χ1v) is 14.0. The number of allylic oxidation sites excluding steroid dienone is 4. The molecule has 3 aliphatic carbocycles. The van der Waals surface area contributed by atoms with Gasteiger partial charge in [0, 0.05) is 30.8 Å². The van der Waals surface area contributed by atoms with Crippen LogP contribution in [-0.2, 0) is 19.1 Å². The summed E-state index contributed by atoms with van der Waals surface area (Å²) in [5.41, 5.74) is 0.775. The van der Waals surface area contributed by atoms with Crippen molar-refractivity contribution in [2.45, 2.75) is 103 Å². The van der Waals surface area contributed by atoms with Crippen LogP contribution in [0.3, 0.4) is 0 Å². The largest absolute Gasteiger partial charge is 0.462 e. The van der Waals surface area contributed by atoms with Crippen LogP contribution in [0, 0.1) is 41.4 Å². The molecular formula is C32H44O5. The van der Waals surface area contributed by atoms with Crippen molar-refractivity contribution >= 4 is 11.8 Å². The highest BCUT2D eigenvalue weighted by Gasteiger charge is 2.63. The quantitative estimate of drug-likeness (QED) is 0.163. The van der Waals surface area contributed by atoms with E-state index in [1.807, 2.05) is 0 Å². The molecule has 3 fully saturated rings. The van der Waals surface area contributed by atoms with Crippen LogP contribution in [-0.4, -0.2) is 40.8 Å². The van der Waals surface area contributed by atoms with Crippen molar-refractivity contribution in [2.75, 3.05) is 6.61 Å². The Morgan fingerprint density at radius 1 is 1.32 bits per heavy atom. The Labute approximate surface area is 222 Å². The smallest absolute Gasteiger partial charge is 0.330 e. The SMILES string of the molecule is C#CCCCOC(=O)/C=C/C1=C/C[C@@H]2[C@](C)(CC[C@@]23O[C@@H](C=C(C)C)C[C@@H]3C)C[C@H]2[C@@H]1C(=O)C[C@@]2(C)O. The van der Waals surface area contributed by atoms with E-state index in [0.717, 1.165) is 37.7 Å². The van der Waals surface area contributed by atoms with Crippen LogP contribution >= 0.6 is 0 Å². The molecule has 1 N–H and O–H groups in total. The van der Waals surface area contributed by atoms with E-state index in [1.54, 1.807) is 13.0 Å². The molecular weight excluding hydrogens is 464 g/mol. The highest BCUT2D eigenvalue weighted by atomic mass is 16.5. The van der Waals surface area contributed by atoms with Crippen molar-refractivity contribution in [1.82, 2.24) is 0 Å². The van der Waals surface area contributed by atoms with E-state index < -0.39 is 17.5 Å². The Morgan fingerprint density at radius 3 is 2.78 bits per heavy atom. The zero-order valence-electron chi connectivity index (χ0n) is 23.2. The van der Waals surface area contributed by atoms with Gasteiger partial charge in [-0.15, -0.1) is 12.3 Å². The van der Waals surface area contributed by atoms with Crippen LogP contribution < -0.4 is 0 Å². The minimum atomic E-state index is -1.07. The highest BCUT2D eigenvalue weighted by Crippen LogP contribution is 2.64. The topological polar surface area (TPSA) is 72.8 Å². The molecule has 4 rings (SSSR count). The maximum atomic E-state index is 13.2. The van der Waals surface area contributed by atoms with Crippen LogP contribution in [0.4, 0.5) is 0 Å². The van der Waals surface area contributed by atoms with Gasteiger partial charge in [0.05, 0.1) is 23.9 Å². The average Bonchev–Trinajstić information content (AvgIpc) is 3.33. The van der Waals surface area contributed by atoms with Crippen molar-refractivity contribution in [1.29, 1.82) is 0 Å². The molecule has 0 aromatic carbocycles. The van der Waals surface area contributed by atoms with Crippen LogP contribution in [0.2, 0.25) is 0 Å². The fourth-order valence-electron chi connectivity index (χ4n) is 7.89.